The molecule has 0 spiro atoms. The number of aryl methyl sites for hydroxylation is 2. The fraction of sp³-hybridized carbons (Fsp3) is 0.174. The number of carbonyl (C=O) groups excluding carboxylic acids is 1. The molecule has 0 bridgehead atoms. The predicted octanol–water partition coefficient (Wildman–Crippen LogP) is 4.90. The Morgan fingerprint density at radius 3 is 2.48 bits per heavy atom. The van der Waals surface area contributed by atoms with E-state index in [1.165, 1.54) is 11.3 Å². The number of nitrogens with one attached hydrogen (secondary N) is 2. The number of anilines is 1. The third kappa shape index (κ3) is 5.41. The average Bonchev–Trinajstić information content (AvgIpc) is 3.38. The van der Waals surface area contributed by atoms with Gasteiger partial charge in [0.1, 0.15) is 16.3 Å². The molecule has 2 aromatic heterocycles. The van der Waals surface area contributed by atoms with Crippen molar-refractivity contribution in [3.05, 3.63) is 76.9 Å². The van der Waals surface area contributed by atoms with Gasteiger partial charge in [-0.05, 0) is 49.8 Å². The third-order valence-corrected chi connectivity index (χ3v) is 5.68. The molecule has 0 aliphatic rings. The quantitative estimate of drug-likeness (QED) is 0.365. The van der Waals surface area contributed by atoms with E-state index in [1.807, 2.05) is 60.7 Å². The van der Waals surface area contributed by atoms with Crippen LogP contribution in [0.15, 0.2) is 60.7 Å². The highest BCUT2D eigenvalue weighted by Crippen LogP contribution is 2.30. The largest absolute Gasteiger partial charge is 0.438 e. The van der Waals surface area contributed by atoms with Gasteiger partial charge >= 0.3 is 0 Å². The monoisotopic (exact) mass is 478 g/mol. The summed E-state index contributed by atoms with van der Waals surface area (Å²) < 4.78 is 7.73. The second kappa shape index (κ2) is 10.3. The van der Waals surface area contributed by atoms with Crippen LogP contribution >= 0.6 is 23.6 Å². The van der Waals surface area contributed by atoms with Crippen molar-refractivity contribution < 1.29 is 9.53 Å². The van der Waals surface area contributed by atoms with Gasteiger partial charge in [-0.25, -0.2) is 0 Å². The summed E-state index contributed by atoms with van der Waals surface area (Å²) in [5, 5.41) is 19.9. The van der Waals surface area contributed by atoms with E-state index in [9.17, 15) is 4.79 Å². The van der Waals surface area contributed by atoms with Gasteiger partial charge in [0.25, 0.3) is 5.91 Å². The molecule has 168 valence electrons. The average molecular weight is 479 g/mol. The van der Waals surface area contributed by atoms with Gasteiger partial charge < -0.3 is 10.1 Å². The second-order valence-corrected chi connectivity index (χ2v) is 8.56. The molecule has 0 atom stereocenters. The molecule has 0 aliphatic carbocycles. The Balaban J connectivity index is 1.60. The van der Waals surface area contributed by atoms with Gasteiger partial charge in [0.2, 0.25) is 11.0 Å². The number of benzene rings is 2. The first-order chi connectivity index (χ1) is 16.0. The first kappa shape index (κ1) is 22.6. The van der Waals surface area contributed by atoms with Crippen LogP contribution in [0.5, 0.6) is 11.6 Å². The molecule has 0 radical (unpaired) electrons. The van der Waals surface area contributed by atoms with Crippen LogP contribution in [0.3, 0.4) is 0 Å². The minimum absolute atomic E-state index is 0.122. The van der Waals surface area contributed by atoms with Gasteiger partial charge in [-0.1, -0.05) is 54.7 Å². The smallest absolute Gasteiger partial charge is 0.264 e. The predicted molar refractivity (Wildman–Crippen MR) is 132 cm³/mol. The topological polar surface area (TPSA) is 94.0 Å². The minimum atomic E-state index is -0.434. The lowest BCUT2D eigenvalue weighted by atomic mass is 10.2. The van der Waals surface area contributed by atoms with E-state index >= 15 is 0 Å². The van der Waals surface area contributed by atoms with E-state index in [-0.39, 0.29) is 10.7 Å². The number of hydrogen-bond donors (Lipinski definition) is 2. The molecule has 4 rings (SSSR count). The number of carbonyl (C=O) groups is 1. The molecular formula is C23H22N6O2S2. The zero-order valence-electron chi connectivity index (χ0n) is 18.1. The Labute approximate surface area is 200 Å². The molecule has 4 aromatic rings. The number of hydrogen-bond acceptors (Lipinski definition) is 7. The van der Waals surface area contributed by atoms with Crippen molar-refractivity contribution >= 4 is 39.7 Å². The molecule has 10 heteroatoms. The molecule has 0 fully saturated rings. The maximum Gasteiger partial charge on any atom is 0.264 e. The lowest BCUT2D eigenvalue weighted by Gasteiger charge is -2.12. The number of ether oxygens (including phenoxy) is 1. The van der Waals surface area contributed by atoms with Crippen LogP contribution in [0.1, 0.15) is 34.4 Å². The summed E-state index contributed by atoms with van der Waals surface area (Å²) in [6, 6.07) is 18.7. The molecule has 2 N–H and O–H groups in total. The molecule has 0 unspecified atom stereocenters. The second-order valence-electron chi connectivity index (χ2n) is 7.09. The van der Waals surface area contributed by atoms with Crippen LogP contribution in [0.4, 0.5) is 5.13 Å². The zero-order valence-corrected chi connectivity index (χ0v) is 19.7. The number of aromatic nitrogens is 4. The summed E-state index contributed by atoms with van der Waals surface area (Å²) >= 11 is 6.74. The fourth-order valence-electron chi connectivity index (χ4n) is 3.12. The first-order valence-corrected chi connectivity index (χ1v) is 11.6. The molecule has 0 saturated heterocycles. The zero-order chi connectivity index (χ0) is 23.2. The highest BCUT2D eigenvalue weighted by Gasteiger charge is 2.25. The van der Waals surface area contributed by atoms with E-state index in [1.54, 1.807) is 11.6 Å². The summed E-state index contributed by atoms with van der Waals surface area (Å²) in [4.78, 5) is 13.2. The number of nitrogens with zero attached hydrogens (tertiary/aromatic N) is 4. The lowest BCUT2D eigenvalue weighted by molar-refractivity contribution is 0.0975. The molecule has 2 heterocycles. The molecule has 8 nitrogen and oxygen atoms in total. The van der Waals surface area contributed by atoms with Gasteiger partial charge in [-0.2, -0.15) is 9.78 Å². The summed E-state index contributed by atoms with van der Waals surface area (Å²) in [6.07, 6.45) is 1.82. The van der Waals surface area contributed by atoms with Crippen LogP contribution in [0.25, 0.3) is 5.69 Å². The Morgan fingerprint density at radius 2 is 1.79 bits per heavy atom. The van der Waals surface area contributed by atoms with Crippen LogP contribution in [0.2, 0.25) is 0 Å². The third-order valence-electron chi connectivity index (χ3n) is 4.58. The minimum Gasteiger partial charge on any atom is -0.438 e. The van der Waals surface area contributed by atoms with Gasteiger partial charge in [0.15, 0.2) is 5.11 Å². The van der Waals surface area contributed by atoms with Crippen molar-refractivity contribution in [1.82, 2.24) is 25.3 Å². The maximum atomic E-state index is 13.2. The van der Waals surface area contributed by atoms with E-state index in [0.29, 0.717) is 22.5 Å². The Kier molecular flexibility index (Phi) is 7.06. The molecular weight excluding hydrogens is 456 g/mol. The van der Waals surface area contributed by atoms with Crippen molar-refractivity contribution in [3.63, 3.8) is 0 Å². The Morgan fingerprint density at radius 1 is 1.09 bits per heavy atom. The first-order valence-electron chi connectivity index (χ1n) is 10.4. The molecule has 2 aromatic carbocycles. The van der Waals surface area contributed by atoms with Crippen LogP contribution in [0, 0.1) is 6.92 Å². The molecule has 0 aliphatic heterocycles. The molecule has 33 heavy (non-hydrogen) atoms. The van der Waals surface area contributed by atoms with Crippen molar-refractivity contribution in [1.29, 1.82) is 0 Å². The number of thiocarbonyl (C=S) groups is 1. The van der Waals surface area contributed by atoms with Crippen LogP contribution in [-0.2, 0) is 6.42 Å². The van der Waals surface area contributed by atoms with Crippen molar-refractivity contribution in [2.45, 2.75) is 26.7 Å². The fourth-order valence-corrected chi connectivity index (χ4v) is 4.22. The van der Waals surface area contributed by atoms with Crippen molar-refractivity contribution in [2.24, 2.45) is 0 Å². The SMILES string of the molecule is CCCc1nnc(NC(=S)NC(=O)c2c(C)nn(-c3ccccc3)c2Oc2ccccc2)s1. The standard InChI is InChI=1S/C23H22N6O2S2/c1-3-10-18-26-27-23(33-18)25-22(32)24-20(30)19-15(2)28-29(16-11-6-4-7-12-16)21(19)31-17-13-8-5-9-14-17/h4-9,11-14H,3,10H2,1-2H3,(H2,24,25,27,30,32). The lowest BCUT2D eigenvalue weighted by Crippen LogP contribution is -2.34. The summed E-state index contributed by atoms with van der Waals surface area (Å²) in [7, 11) is 0. The highest BCUT2D eigenvalue weighted by atomic mass is 32.1. The van der Waals surface area contributed by atoms with Crippen LogP contribution in [-0.4, -0.2) is 31.0 Å². The van der Waals surface area contributed by atoms with Crippen molar-refractivity contribution in [3.8, 4) is 17.3 Å². The van der Waals surface area contributed by atoms with E-state index in [2.05, 4.69) is 32.9 Å². The number of rotatable bonds is 7. The normalized spacial score (nSPS) is 10.6. The molecule has 1 amide bonds. The maximum absolute atomic E-state index is 13.2. The van der Waals surface area contributed by atoms with E-state index < -0.39 is 5.91 Å². The Hall–Kier alpha value is -3.63. The van der Waals surface area contributed by atoms with Gasteiger partial charge in [-0.3, -0.25) is 10.1 Å². The molecule has 0 saturated carbocycles. The Bertz CT molecular complexity index is 1250. The van der Waals surface area contributed by atoms with Gasteiger partial charge in [-0.15, -0.1) is 10.2 Å². The van der Waals surface area contributed by atoms with Gasteiger partial charge in [0, 0.05) is 6.42 Å². The summed E-state index contributed by atoms with van der Waals surface area (Å²) in [6.45, 7) is 3.83. The van der Waals surface area contributed by atoms with E-state index in [0.717, 1.165) is 23.5 Å². The van der Waals surface area contributed by atoms with Crippen molar-refractivity contribution in [2.75, 3.05) is 5.32 Å². The highest BCUT2D eigenvalue weighted by molar-refractivity contribution is 7.80. The number of amides is 1. The van der Waals surface area contributed by atoms with Gasteiger partial charge in [0.05, 0.1) is 11.4 Å². The van der Waals surface area contributed by atoms with E-state index in [4.69, 9.17) is 17.0 Å². The van der Waals surface area contributed by atoms with Crippen LogP contribution < -0.4 is 15.4 Å². The number of para-hydroxylation sites is 2. The summed E-state index contributed by atoms with van der Waals surface area (Å²) in [5.41, 5.74) is 1.56. The summed E-state index contributed by atoms with van der Waals surface area (Å²) in [5.74, 6) is 0.449.